The number of ether oxygens (including phenoxy) is 1. The fourth-order valence-corrected chi connectivity index (χ4v) is 2.42. The Morgan fingerprint density at radius 3 is 2.89 bits per heavy atom. The normalized spacial score (nSPS) is 24.2. The van der Waals surface area contributed by atoms with E-state index in [2.05, 4.69) is 0 Å². The largest absolute Gasteiger partial charge is 0.496 e. The third kappa shape index (κ3) is 3.33. The van der Waals surface area contributed by atoms with Crippen LogP contribution in [-0.4, -0.2) is 48.6 Å². The fourth-order valence-electron chi connectivity index (χ4n) is 2.42. The van der Waals surface area contributed by atoms with E-state index in [4.69, 9.17) is 4.74 Å². The third-order valence-electron chi connectivity index (χ3n) is 3.78. The summed E-state index contributed by atoms with van der Waals surface area (Å²) < 4.78 is 5.21. The SMILES string of the molecule is COc1ccccc1C(=O)CN1CCC(C)C(O)C1. The summed E-state index contributed by atoms with van der Waals surface area (Å²) in [4.78, 5) is 14.3. The highest BCUT2D eigenvalue weighted by Crippen LogP contribution is 2.20. The number of likely N-dealkylation sites (tertiary alicyclic amines) is 1. The summed E-state index contributed by atoms with van der Waals surface area (Å²) in [6.07, 6.45) is 0.597. The summed E-state index contributed by atoms with van der Waals surface area (Å²) in [6.45, 7) is 3.81. The molecule has 0 amide bonds. The maximum absolute atomic E-state index is 12.3. The minimum atomic E-state index is -0.334. The molecule has 2 unspecified atom stereocenters. The van der Waals surface area contributed by atoms with E-state index in [1.54, 1.807) is 19.2 Å². The number of ketones is 1. The standard InChI is InChI=1S/C15H21NO3/c1-11-7-8-16(9-13(11)17)10-14(18)12-5-3-4-6-15(12)19-2/h3-6,11,13,17H,7-10H2,1-2H3. The van der Waals surface area contributed by atoms with Crippen LogP contribution in [0.2, 0.25) is 0 Å². The Hall–Kier alpha value is -1.39. The molecule has 0 aliphatic carbocycles. The van der Waals surface area contributed by atoms with Crippen LogP contribution in [0, 0.1) is 5.92 Å². The van der Waals surface area contributed by atoms with E-state index in [9.17, 15) is 9.90 Å². The molecule has 1 N–H and O–H groups in total. The molecule has 1 aromatic rings. The van der Waals surface area contributed by atoms with Crippen molar-refractivity contribution in [1.82, 2.24) is 4.90 Å². The lowest BCUT2D eigenvalue weighted by molar-refractivity contribution is 0.0294. The molecule has 0 radical (unpaired) electrons. The Morgan fingerprint density at radius 1 is 1.47 bits per heavy atom. The average molecular weight is 263 g/mol. The van der Waals surface area contributed by atoms with Crippen molar-refractivity contribution in [3.63, 3.8) is 0 Å². The second-order valence-electron chi connectivity index (χ2n) is 5.19. The highest BCUT2D eigenvalue weighted by atomic mass is 16.5. The number of rotatable bonds is 4. The Bertz CT molecular complexity index is 447. The predicted molar refractivity (Wildman–Crippen MR) is 73.6 cm³/mol. The van der Waals surface area contributed by atoms with Crippen LogP contribution in [0.25, 0.3) is 0 Å². The number of nitrogens with zero attached hydrogens (tertiary/aromatic N) is 1. The molecule has 1 fully saturated rings. The van der Waals surface area contributed by atoms with E-state index in [1.165, 1.54) is 0 Å². The number of carbonyl (C=O) groups is 1. The van der Waals surface area contributed by atoms with Crippen LogP contribution in [0.15, 0.2) is 24.3 Å². The number of hydrogen-bond donors (Lipinski definition) is 1. The van der Waals surface area contributed by atoms with Crippen molar-refractivity contribution < 1.29 is 14.6 Å². The van der Waals surface area contributed by atoms with Crippen molar-refractivity contribution in [1.29, 1.82) is 0 Å². The van der Waals surface area contributed by atoms with Crippen LogP contribution >= 0.6 is 0 Å². The van der Waals surface area contributed by atoms with Crippen LogP contribution in [0.5, 0.6) is 5.75 Å². The first-order valence-electron chi connectivity index (χ1n) is 6.68. The number of β-amino-alcohol motifs (C(OH)–C–C–N with tert-alkyl or cyclic N) is 1. The average Bonchev–Trinajstić information content (AvgIpc) is 2.43. The van der Waals surface area contributed by atoms with Gasteiger partial charge >= 0.3 is 0 Å². The third-order valence-corrected chi connectivity index (χ3v) is 3.78. The highest BCUT2D eigenvalue weighted by Gasteiger charge is 2.26. The summed E-state index contributed by atoms with van der Waals surface area (Å²) in [5.74, 6) is 0.968. The lowest BCUT2D eigenvalue weighted by Gasteiger charge is -2.33. The van der Waals surface area contributed by atoms with Crippen molar-refractivity contribution >= 4 is 5.78 Å². The molecule has 0 bridgehead atoms. The van der Waals surface area contributed by atoms with Gasteiger partial charge in [0.25, 0.3) is 0 Å². The van der Waals surface area contributed by atoms with Crippen LogP contribution in [0.1, 0.15) is 23.7 Å². The van der Waals surface area contributed by atoms with E-state index in [0.29, 0.717) is 30.3 Å². The van der Waals surface area contributed by atoms with Gasteiger partial charge in [0, 0.05) is 6.54 Å². The van der Waals surface area contributed by atoms with Crippen molar-refractivity contribution in [2.75, 3.05) is 26.7 Å². The van der Waals surface area contributed by atoms with Crippen LogP contribution in [-0.2, 0) is 0 Å². The topological polar surface area (TPSA) is 49.8 Å². The molecule has 19 heavy (non-hydrogen) atoms. The van der Waals surface area contributed by atoms with Crippen LogP contribution in [0.3, 0.4) is 0 Å². The molecular formula is C15H21NO3. The van der Waals surface area contributed by atoms with Crippen molar-refractivity contribution in [3.05, 3.63) is 29.8 Å². The summed E-state index contributed by atoms with van der Waals surface area (Å²) in [7, 11) is 1.57. The van der Waals surface area contributed by atoms with Gasteiger partial charge < -0.3 is 9.84 Å². The summed E-state index contributed by atoms with van der Waals surface area (Å²) in [5, 5.41) is 9.85. The monoisotopic (exact) mass is 263 g/mol. The molecule has 2 atom stereocenters. The summed E-state index contributed by atoms with van der Waals surface area (Å²) in [6, 6.07) is 7.26. The van der Waals surface area contributed by atoms with Crippen molar-refractivity contribution in [2.45, 2.75) is 19.4 Å². The Kier molecular flexibility index (Phi) is 4.56. The second kappa shape index (κ2) is 6.17. The lowest BCUT2D eigenvalue weighted by Crippen LogP contribution is -2.44. The van der Waals surface area contributed by atoms with Gasteiger partial charge in [-0.15, -0.1) is 0 Å². The molecule has 0 aromatic heterocycles. The molecule has 4 nitrogen and oxygen atoms in total. The highest BCUT2D eigenvalue weighted by molar-refractivity contribution is 6.00. The number of piperidine rings is 1. The minimum absolute atomic E-state index is 0.0409. The van der Waals surface area contributed by atoms with Crippen molar-refractivity contribution in [2.24, 2.45) is 5.92 Å². The predicted octanol–water partition coefficient (Wildman–Crippen LogP) is 1.58. The van der Waals surface area contributed by atoms with Gasteiger partial charge in [0.1, 0.15) is 5.75 Å². The Morgan fingerprint density at radius 2 is 2.21 bits per heavy atom. The fraction of sp³-hybridized carbons (Fsp3) is 0.533. The molecule has 1 heterocycles. The van der Waals surface area contributed by atoms with E-state index in [-0.39, 0.29) is 11.9 Å². The molecule has 0 spiro atoms. The molecular weight excluding hydrogens is 242 g/mol. The molecule has 1 aromatic carbocycles. The molecule has 1 saturated heterocycles. The Labute approximate surface area is 114 Å². The lowest BCUT2D eigenvalue weighted by atomic mass is 9.95. The van der Waals surface area contributed by atoms with Gasteiger partial charge in [0.15, 0.2) is 5.78 Å². The minimum Gasteiger partial charge on any atom is -0.496 e. The maximum atomic E-state index is 12.3. The summed E-state index contributed by atoms with van der Waals surface area (Å²) >= 11 is 0. The van der Waals surface area contributed by atoms with E-state index < -0.39 is 0 Å². The second-order valence-corrected chi connectivity index (χ2v) is 5.19. The van der Waals surface area contributed by atoms with E-state index >= 15 is 0 Å². The van der Waals surface area contributed by atoms with Gasteiger partial charge in [0.2, 0.25) is 0 Å². The zero-order chi connectivity index (χ0) is 13.8. The molecule has 0 saturated carbocycles. The molecule has 4 heteroatoms. The van der Waals surface area contributed by atoms with Gasteiger partial charge in [-0.1, -0.05) is 19.1 Å². The molecule has 1 aliphatic heterocycles. The first kappa shape index (κ1) is 14.0. The number of aliphatic hydroxyl groups is 1. The summed E-state index contributed by atoms with van der Waals surface area (Å²) in [5.41, 5.74) is 0.609. The van der Waals surface area contributed by atoms with Crippen LogP contribution < -0.4 is 4.74 Å². The zero-order valence-corrected chi connectivity index (χ0v) is 11.5. The van der Waals surface area contributed by atoms with Gasteiger partial charge in [0.05, 0.1) is 25.3 Å². The first-order valence-corrected chi connectivity index (χ1v) is 6.68. The molecule has 2 rings (SSSR count). The number of Topliss-reactive ketones (excluding diaryl/α,β-unsaturated/α-hetero) is 1. The van der Waals surface area contributed by atoms with Gasteiger partial charge in [-0.3, -0.25) is 9.69 Å². The first-order chi connectivity index (χ1) is 9.11. The van der Waals surface area contributed by atoms with Gasteiger partial charge in [-0.25, -0.2) is 0 Å². The zero-order valence-electron chi connectivity index (χ0n) is 11.5. The number of hydrogen-bond acceptors (Lipinski definition) is 4. The van der Waals surface area contributed by atoms with Crippen molar-refractivity contribution in [3.8, 4) is 5.75 Å². The Balaban J connectivity index is 2.01. The quantitative estimate of drug-likeness (QED) is 0.838. The smallest absolute Gasteiger partial charge is 0.180 e. The van der Waals surface area contributed by atoms with Crippen LogP contribution in [0.4, 0.5) is 0 Å². The maximum Gasteiger partial charge on any atom is 0.180 e. The van der Waals surface area contributed by atoms with Gasteiger partial charge in [-0.2, -0.15) is 0 Å². The number of benzene rings is 1. The molecule has 1 aliphatic rings. The number of aliphatic hydroxyl groups excluding tert-OH is 1. The number of carbonyl (C=O) groups excluding carboxylic acids is 1. The van der Waals surface area contributed by atoms with Gasteiger partial charge in [-0.05, 0) is 31.0 Å². The number of para-hydroxylation sites is 1. The number of methoxy groups -OCH3 is 1. The van der Waals surface area contributed by atoms with E-state index in [0.717, 1.165) is 13.0 Å². The molecule has 104 valence electrons. The van der Waals surface area contributed by atoms with E-state index in [1.807, 2.05) is 24.0 Å².